The summed E-state index contributed by atoms with van der Waals surface area (Å²) in [4.78, 5) is 4.15. The second-order valence-corrected chi connectivity index (χ2v) is 2.43. The molecule has 2 rings (SSSR count). The maximum absolute atomic E-state index is 5.51. The Morgan fingerprint density at radius 1 is 1.00 bits per heavy atom. The molecule has 0 amide bonds. The van der Waals surface area contributed by atoms with Crippen LogP contribution in [-0.4, -0.2) is 10.5 Å². The number of aromatic nitrogens is 1. The van der Waals surface area contributed by atoms with E-state index in [4.69, 9.17) is 5.73 Å². The van der Waals surface area contributed by atoms with E-state index in [9.17, 15) is 0 Å². The van der Waals surface area contributed by atoms with Gasteiger partial charge in [0.05, 0.1) is 5.52 Å². The quantitative estimate of drug-likeness (QED) is 0.627. The Labute approximate surface area is 70.2 Å². The minimum absolute atomic E-state index is 0. The number of hydrogen-bond acceptors (Lipinski definition) is 2. The van der Waals surface area contributed by atoms with E-state index in [0.29, 0.717) is 5.82 Å². The van der Waals surface area contributed by atoms with E-state index in [-0.39, 0.29) is 5.48 Å². The minimum atomic E-state index is 0. The molecule has 3 nitrogen and oxygen atoms in total. The van der Waals surface area contributed by atoms with Crippen LogP contribution in [0, 0.1) is 0 Å². The van der Waals surface area contributed by atoms with Crippen LogP contribution in [-0.2, 0) is 0 Å². The molecule has 0 spiro atoms. The van der Waals surface area contributed by atoms with Crippen molar-refractivity contribution in [1.29, 1.82) is 0 Å². The lowest BCUT2D eigenvalue weighted by molar-refractivity contribution is 0.824. The third kappa shape index (κ3) is 1.35. The Balaban J connectivity index is 0.000000720. The number of rotatable bonds is 0. The maximum Gasteiger partial charge on any atom is 0.124 e. The molecule has 0 fully saturated rings. The average molecular weight is 162 g/mol. The summed E-state index contributed by atoms with van der Waals surface area (Å²) in [6.45, 7) is 0. The fourth-order valence-electron chi connectivity index (χ4n) is 1.08. The van der Waals surface area contributed by atoms with Crippen molar-refractivity contribution in [3.8, 4) is 0 Å². The first-order valence-corrected chi connectivity index (χ1v) is 3.47. The Hall–Kier alpha value is -1.61. The highest BCUT2D eigenvalue weighted by atomic mass is 16.0. The van der Waals surface area contributed by atoms with Gasteiger partial charge in [0, 0.05) is 5.39 Å². The van der Waals surface area contributed by atoms with Gasteiger partial charge in [-0.3, -0.25) is 0 Å². The molecule has 2 aromatic rings. The van der Waals surface area contributed by atoms with Crippen LogP contribution in [0.4, 0.5) is 5.82 Å². The Kier molecular flexibility index (Phi) is 2.26. The highest BCUT2D eigenvalue weighted by Crippen LogP contribution is 2.11. The van der Waals surface area contributed by atoms with E-state index in [0.717, 1.165) is 10.9 Å². The number of nitrogen functional groups attached to an aromatic ring is 1. The first kappa shape index (κ1) is 8.49. The second-order valence-electron chi connectivity index (χ2n) is 2.43. The summed E-state index contributed by atoms with van der Waals surface area (Å²) < 4.78 is 0. The predicted molar refractivity (Wildman–Crippen MR) is 49.8 cm³/mol. The van der Waals surface area contributed by atoms with Gasteiger partial charge in [-0.25, -0.2) is 4.98 Å². The largest absolute Gasteiger partial charge is 0.412 e. The van der Waals surface area contributed by atoms with Crippen LogP contribution in [0.3, 0.4) is 0 Å². The van der Waals surface area contributed by atoms with Crippen LogP contribution in [0.5, 0.6) is 0 Å². The van der Waals surface area contributed by atoms with Crippen LogP contribution in [0.25, 0.3) is 10.9 Å². The smallest absolute Gasteiger partial charge is 0.124 e. The molecule has 0 atom stereocenters. The van der Waals surface area contributed by atoms with Crippen molar-refractivity contribution in [2.45, 2.75) is 0 Å². The van der Waals surface area contributed by atoms with Gasteiger partial charge in [-0.15, -0.1) is 0 Å². The molecule has 1 heterocycles. The zero-order valence-corrected chi connectivity index (χ0v) is 6.49. The lowest BCUT2D eigenvalue weighted by Gasteiger charge is -1.95. The summed E-state index contributed by atoms with van der Waals surface area (Å²) in [5.41, 5.74) is 6.46. The number of benzene rings is 1. The number of fused-ring (bicyclic) bond motifs is 1. The number of nitrogens with two attached hydrogens (primary N) is 1. The summed E-state index contributed by atoms with van der Waals surface area (Å²) in [7, 11) is 0. The van der Waals surface area contributed by atoms with Crippen LogP contribution >= 0.6 is 0 Å². The van der Waals surface area contributed by atoms with Crippen molar-refractivity contribution in [1.82, 2.24) is 4.98 Å². The summed E-state index contributed by atoms with van der Waals surface area (Å²) in [6.07, 6.45) is 0. The van der Waals surface area contributed by atoms with Gasteiger partial charge in [0.2, 0.25) is 0 Å². The summed E-state index contributed by atoms with van der Waals surface area (Å²) >= 11 is 0. The van der Waals surface area contributed by atoms with E-state index in [1.165, 1.54) is 0 Å². The number of nitrogens with zero attached hydrogens (tertiary/aromatic N) is 1. The molecule has 62 valence electrons. The fourth-order valence-corrected chi connectivity index (χ4v) is 1.08. The van der Waals surface area contributed by atoms with Gasteiger partial charge in [-0.2, -0.15) is 0 Å². The second kappa shape index (κ2) is 3.19. The standard InChI is InChI=1S/C9H8N2.H2O/c10-9-6-5-7-3-1-2-4-8(7)11-9;/h1-6H,(H2,10,11);1H2. The molecule has 12 heavy (non-hydrogen) atoms. The van der Waals surface area contributed by atoms with Crippen LogP contribution in [0.2, 0.25) is 0 Å². The summed E-state index contributed by atoms with van der Waals surface area (Å²) in [6, 6.07) is 11.7. The number of hydrogen-bond donors (Lipinski definition) is 1. The predicted octanol–water partition coefficient (Wildman–Crippen LogP) is 0.992. The number of anilines is 1. The molecule has 0 aliphatic carbocycles. The fraction of sp³-hybridized carbons (Fsp3) is 0. The van der Waals surface area contributed by atoms with E-state index in [2.05, 4.69) is 4.98 Å². The molecular formula is C9H10N2O. The van der Waals surface area contributed by atoms with Crippen molar-refractivity contribution >= 4 is 16.7 Å². The van der Waals surface area contributed by atoms with Crippen molar-refractivity contribution in [3.63, 3.8) is 0 Å². The molecule has 3 heteroatoms. The average Bonchev–Trinajstić information content (AvgIpc) is 2.04. The highest BCUT2D eigenvalue weighted by Gasteiger charge is 1.91. The Morgan fingerprint density at radius 2 is 1.75 bits per heavy atom. The summed E-state index contributed by atoms with van der Waals surface area (Å²) in [5, 5.41) is 1.13. The number of para-hydroxylation sites is 1. The molecule has 4 N–H and O–H groups in total. The lowest BCUT2D eigenvalue weighted by atomic mass is 10.2. The van der Waals surface area contributed by atoms with Gasteiger partial charge in [0.1, 0.15) is 5.82 Å². The third-order valence-electron chi connectivity index (χ3n) is 1.62. The van der Waals surface area contributed by atoms with E-state index in [1.807, 2.05) is 36.4 Å². The van der Waals surface area contributed by atoms with Gasteiger partial charge >= 0.3 is 0 Å². The lowest BCUT2D eigenvalue weighted by Crippen LogP contribution is -1.88. The molecular weight excluding hydrogens is 152 g/mol. The van der Waals surface area contributed by atoms with E-state index >= 15 is 0 Å². The van der Waals surface area contributed by atoms with Gasteiger partial charge < -0.3 is 11.2 Å². The van der Waals surface area contributed by atoms with Crippen LogP contribution in [0.15, 0.2) is 36.4 Å². The topological polar surface area (TPSA) is 70.4 Å². The van der Waals surface area contributed by atoms with Crippen LogP contribution in [0.1, 0.15) is 0 Å². The van der Waals surface area contributed by atoms with E-state index in [1.54, 1.807) is 0 Å². The van der Waals surface area contributed by atoms with E-state index < -0.39 is 0 Å². The normalized spacial score (nSPS) is 9.33. The zero-order chi connectivity index (χ0) is 7.68. The van der Waals surface area contributed by atoms with Crippen molar-refractivity contribution in [2.75, 3.05) is 5.73 Å². The summed E-state index contributed by atoms with van der Waals surface area (Å²) in [5.74, 6) is 0.573. The maximum atomic E-state index is 5.51. The molecule has 0 aliphatic heterocycles. The molecule has 0 radical (unpaired) electrons. The van der Waals surface area contributed by atoms with Gasteiger partial charge in [-0.1, -0.05) is 18.2 Å². The molecule has 0 saturated heterocycles. The third-order valence-corrected chi connectivity index (χ3v) is 1.62. The number of pyridine rings is 1. The van der Waals surface area contributed by atoms with Crippen molar-refractivity contribution in [2.24, 2.45) is 0 Å². The monoisotopic (exact) mass is 162 g/mol. The molecule has 1 aromatic heterocycles. The van der Waals surface area contributed by atoms with Crippen molar-refractivity contribution in [3.05, 3.63) is 36.4 Å². The van der Waals surface area contributed by atoms with Gasteiger partial charge in [0.25, 0.3) is 0 Å². The Bertz CT molecular complexity index is 387. The molecule has 1 aromatic carbocycles. The van der Waals surface area contributed by atoms with Gasteiger partial charge in [-0.05, 0) is 18.2 Å². The van der Waals surface area contributed by atoms with Gasteiger partial charge in [0.15, 0.2) is 0 Å². The first-order valence-electron chi connectivity index (χ1n) is 3.47. The Morgan fingerprint density at radius 3 is 2.58 bits per heavy atom. The molecule has 0 saturated carbocycles. The first-order chi connectivity index (χ1) is 5.36. The molecule has 0 unspecified atom stereocenters. The minimum Gasteiger partial charge on any atom is -0.412 e. The highest BCUT2D eigenvalue weighted by molar-refractivity contribution is 5.79. The molecule has 0 bridgehead atoms. The molecule has 0 aliphatic rings. The van der Waals surface area contributed by atoms with Crippen molar-refractivity contribution < 1.29 is 5.48 Å². The van der Waals surface area contributed by atoms with Crippen LogP contribution < -0.4 is 5.73 Å². The zero-order valence-electron chi connectivity index (χ0n) is 6.49. The SMILES string of the molecule is Nc1ccc2ccccc2n1.O.